The van der Waals surface area contributed by atoms with E-state index in [1.807, 2.05) is 36.4 Å². The molecule has 1 fully saturated rings. The van der Waals surface area contributed by atoms with Crippen LogP contribution >= 0.6 is 0 Å². The number of nitrogens with one attached hydrogen (secondary N) is 2. The summed E-state index contributed by atoms with van der Waals surface area (Å²) in [7, 11) is 0. The molecule has 2 N–H and O–H groups in total. The zero-order chi connectivity index (χ0) is 14.4. The molecule has 4 nitrogen and oxygen atoms in total. The summed E-state index contributed by atoms with van der Waals surface area (Å²) in [6.07, 6.45) is 10.4. The maximum Gasteiger partial charge on any atom is 0.234 e. The molecule has 0 aromatic heterocycles. The molecule has 1 saturated heterocycles. The fourth-order valence-electron chi connectivity index (χ4n) is 1.86. The topological polar surface area (TPSA) is 64.2 Å². The molecule has 20 heavy (non-hydrogen) atoms. The van der Waals surface area contributed by atoms with E-state index in [0.29, 0.717) is 6.42 Å². The second kappa shape index (κ2) is 7.15. The lowest BCUT2D eigenvalue weighted by Crippen LogP contribution is -2.48. The van der Waals surface area contributed by atoms with Gasteiger partial charge >= 0.3 is 0 Å². The normalized spacial score (nSPS) is 20.4. The molecule has 1 heterocycles. The van der Waals surface area contributed by atoms with Gasteiger partial charge in [-0.1, -0.05) is 30.2 Å². The van der Waals surface area contributed by atoms with Crippen LogP contribution in [0.2, 0.25) is 0 Å². The van der Waals surface area contributed by atoms with Crippen molar-refractivity contribution >= 4 is 23.2 Å². The average Bonchev–Trinajstić information content (AvgIpc) is 2.47. The highest BCUT2D eigenvalue weighted by molar-refractivity contribution is 7.91. The monoisotopic (exact) mass is 288 g/mol. The summed E-state index contributed by atoms with van der Waals surface area (Å²) in [5.74, 6) is 2.66. The second-order valence-electron chi connectivity index (χ2n) is 4.46. The third-order valence-electron chi connectivity index (χ3n) is 2.96. The molecule has 1 aromatic carbocycles. The van der Waals surface area contributed by atoms with Gasteiger partial charge in [0.1, 0.15) is 0 Å². The predicted molar refractivity (Wildman–Crippen MR) is 79.9 cm³/mol. The molecule has 0 aliphatic carbocycles. The largest absolute Gasteiger partial charge is 0.611 e. The third-order valence-corrected chi connectivity index (χ3v) is 4.18. The first kappa shape index (κ1) is 14.7. The molecule has 104 valence electrons. The van der Waals surface area contributed by atoms with E-state index >= 15 is 0 Å². The van der Waals surface area contributed by atoms with E-state index < -0.39 is 11.2 Å². The van der Waals surface area contributed by atoms with Gasteiger partial charge in [0, 0.05) is 12.5 Å². The van der Waals surface area contributed by atoms with Crippen molar-refractivity contribution in [2.45, 2.75) is 23.8 Å². The van der Waals surface area contributed by atoms with Crippen LogP contribution < -0.4 is 10.9 Å². The Kier molecular flexibility index (Phi) is 5.24. The first-order valence-corrected chi connectivity index (χ1v) is 7.65. The molecular formula is C15H16N2O2S. The lowest BCUT2D eigenvalue weighted by atomic mass is 10.1. The zero-order valence-corrected chi connectivity index (χ0v) is 11.8. The SMILES string of the molecule is C#CC[S+]([O-])c1ccc(/C=C/C2CCC(=O)NN2)cc1. The van der Waals surface area contributed by atoms with Crippen LogP contribution in [0.1, 0.15) is 18.4 Å². The van der Waals surface area contributed by atoms with Crippen molar-refractivity contribution in [2.75, 3.05) is 5.75 Å². The summed E-state index contributed by atoms with van der Waals surface area (Å²) in [6, 6.07) is 7.60. The number of terminal acetylenes is 1. The first-order valence-electron chi connectivity index (χ1n) is 6.33. The maximum atomic E-state index is 11.7. The number of amides is 1. The van der Waals surface area contributed by atoms with E-state index in [9.17, 15) is 9.35 Å². The number of benzene rings is 1. The Morgan fingerprint density at radius 2 is 2.20 bits per heavy atom. The molecule has 2 atom stereocenters. The molecule has 1 aromatic rings. The summed E-state index contributed by atoms with van der Waals surface area (Å²) >= 11 is -1.12. The van der Waals surface area contributed by atoms with Crippen LogP contribution in [-0.2, 0) is 16.0 Å². The lowest BCUT2D eigenvalue weighted by Gasteiger charge is -2.20. The molecule has 0 saturated carbocycles. The number of hydrogen-bond acceptors (Lipinski definition) is 3. The minimum absolute atomic E-state index is 0.0231. The zero-order valence-electron chi connectivity index (χ0n) is 11.0. The third kappa shape index (κ3) is 4.14. The Morgan fingerprint density at radius 1 is 1.45 bits per heavy atom. The molecule has 1 aliphatic heterocycles. The Balaban J connectivity index is 1.93. The van der Waals surface area contributed by atoms with Gasteiger partial charge in [0.25, 0.3) is 0 Å². The molecular weight excluding hydrogens is 272 g/mol. The number of carbonyl (C=O) groups excluding carboxylic acids is 1. The second-order valence-corrected chi connectivity index (χ2v) is 5.91. The predicted octanol–water partition coefficient (Wildman–Crippen LogP) is 1.22. The van der Waals surface area contributed by atoms with Gasteiger partial charge in [0.15, 0.2) is 10.6 Å². The van der Waals surface area contributed by atoms with E-state index in [0.717, 1.165) is 16.9 Å². The molecule has 1 aliphatic rings. The summed E-state index contributed by atoms with van der Waals surface area (Å²) in [6.45, 7) is 0. The van der Waals surface area contributed by atoms with Crippen LogP contribution in [0.25, 0.3) is 6.08 Å². The van der Waals surface area contributed by atoms with Crippen LogP contribution in [-0.4, -0.2) is 22.3 Å². The highest BCUT2D eigenvalue weighted by Gasteiger charge is 2.14. The van der Waals surface area contributed by atoms with Crippen molar-refractivity contribution in [1.29, 1.82) is 0 Å². The summed E-state index contributed by atoms with van der Waals surface area (Å²) in [4.78, 5) is 11.7. The van der Waals surface area contributed by atoms with Gasteiger partial charge in [-0.3, -0.25) is 10.2 Å². The van der Waals surface area contributed by atoms with E-state index in [1.54, 1.807) is 0 Å². The minimum atomic E-state index is -1.12. The molecule has 2 rings (SSSR count). The van der Waals surface area contributed by atoms with Crippen LogP contribution in [0.15, 0.2) is 35.2 Å². The fourth-order valence-corrected chi connectivity index (χ4v) is 2.61. The molecule has 0 spiro atoms. The summed E-state index contributed by atoms with van der Waals surface area (Å²) < 4.78 is 11.7. The van der Waals surface area contributed by atoms with E-state index in [4.69, 9.17) is 6.42 Å². The van der Waals surface area contributed by atoms with Crippen molar-refractivity contribution in [2.24, 2.45) is 0 Å². The van der Waals surface area contributed by atoms with Crippen molar-refractivity contribution in [3.05, 3.63) is 35.9 Å². The van der Waals surface area contributed by atoms with Crippen molar-refractivity contribution < 1.29 is 9.35 Å². The van der Waals surface area contributed by atoms with Crippen LogP contribution in [0.5, 0.6) is 0 Å². The van der Waals surface area contributed by atoms with Gasteiger partial charge in [-0.15, -0.1) is 6.42 Å². The Bertz CT molecular complexity index is 524. The van der Waals surface area contributed by atoms with Gasteiger partial charge < -0.3 is 4.55 Å². The van der Waals surface area contributed by atoms with Gasteiger partial charge in [-0.05, 0) is 35.3 Å². The van der Waals surface area contributed by atoms with Crippen LogP contribution in [0.3, 0.4) is 0 Å². The Labute approximate surface area is 121 Å². The average molecular weight is 288 g/mol. The number of rotatable bonds is 4. The van der Waals surface area contributed by atoms with Crippen LogP contribution in [0, 0.1) is 12.3 Å². The number of carbonyl (C=O) groups is 1. The van der Waals surface area contributed by atoms with Crippen molar-refractivity contribution in [3.8, 4) is 12.3 Å². The Hall–Kier alpha value is -1.74. The molecule has 2 unspecified atom stereocenters. The standard InChI is InChI=1S/C15H16N2O2S/c1-2-11-20(19)14-8-4-12(5-9-14)3-6-13-7-10-15(18)17-16-13/h1,3-6,8-9,13,16H,7,10-11H2,(H,17,18)/b6-3+. The minimum Gasteiger partial charge on any atom is -0.611 e. The van der Waals surface area contributed by atoms with Crippen molar-refractivity contribution in [1.82, 2.24) is 10.9 Å². The summed E-state index contributed by atoms with van der Waals surface area (Å²) in [5, 5.41) is 0. The van der Waals surface area contributed by atoms with Gasteiger partial charge in [-0.2, -0.15) is 0 Å². The fraction of sp³-hybridized carbons (Fsp3) is 0.267. The van der Waals surface area contributed by atoms with Gasteiger partial charge in [0.05, 0.1) is 0 Å². The smallest absolute Gasteiger partial charge is 0.234 e. The highest BCUT2D eigenvalue weighted by atomic mass is 32.2. The van der Waals surface area contributed by atoms with Crippen LogP contribution in [0.4, 0.5) is 0 Å². The first-order chi connectivity index (χ1) is 9.69. The van der Waals surface area contributed by atoms with E-state index in [1.165, 1.54) is 0 Å². The quantitative estimate of drug-likeness (QED) is 0.647. The molecule has 0 bridgehead atoms. The number of hydrogen-bond donors (Lipinski definition) is 2. The molecule has 0 radical (unpaired) electrons. The molecule has 1 amide bonds. The Morgan fingerprint density at radius 3 is 2.80 bits per heavy atom. The number of hydrazine groups is 1. The molecule has 5 heteroatoms. The van der Waals surface area contributed by atoms with Crippen molar-refractivity contribution in [3.63, 3.8) is 0 Å². The maximum absolute atomic E-state index is 11.7. The van der Waals surface area contributed by atoms with E-state index in [2.05, 4.69) is 16.8 Å². The highest BCUT2D eigenvalue weighted by Crippen LogP contribution is 2.14. The lowest BCUT2D eigenvalue weighted by molar-refractivity contribution is -0.123. The van der Waals surface area contributed by atoms with Gasteiger partial charge in [-0.25, -0.2) is 5.43 Å². The summed E-state index contributed by atoms with van der Waals surface area (Å²) in [5.41, 5.74) is 6.55. The van der Waals surface area contributed by atoms with Gasteiger partial charge in [0.2, 0.25) is 5.91 Å². The van der Waals surface area contributed by atoms with E-state index in [-0.39, 0.29) is 17.7 Å².